The second-order valence-electron chi connectivity index (χ2n) is 5.00. The van der Waals surface area contributed by atoms with Gasteiger partial charge in [0.05, 0.1) is 17.8 Å². The maximum atomic E-state index is 7.66. The molecule has 1 saturated heterocycles. The molecule has 0 saturated carbocycles. The molecule has 0 amide bonds. The molecule has 19 heavy (non-hydrogen) atoms. The van der Waals surface area contributed by atoms with Gasteiger partial charge in [0.25, 0.3) is 0 Å². The molecule has 2 atom stereocenters. The van der Waals surface area contributed by atoms with E-state index in [4.69, 9.17) is 20.6 Å². The number of halogens is 1. The molecule has 2 unspecified atom stereocenters. The summed E-state index contributed by atoms with van der Waals surface area (Å²) in [6.45, 7) is 4.11. The molecular weight excluding hydrogens is 308 g/mol. The number of nitrogens with one attached hydrogen (secondary N) is 1. The van der Waals surface area contributed by atoms with Crippen molar-refractivity contribution < 1.29 is 9.47 Å². The van der Waals surface area contributed by atoms with Crippen molar-refractivity contribution in [1.29, 1.82) is 5.41 Å². The van der Waals surface area contributed by atoms with Gasteiger partial charge < -0.3 is 15.2 Å². The first-order valence-corrected chi connectivity index (χ1v) is 7.21. The van der Waals surface area contributed by atoms with Gasteiger partial charge in [-0.05, 0) is 41.9 Å². The van der Waals surface area contributed by atoms with Gasteiger partial charge in [0.1, 0.15) is 17.7 Å². The van der Waals surface area contributed by atoms with Crippen LogP contribution in [-0.4, -0.2) is 24.1 Å². The number of amidine groups is 1. The Balaban J connectivity index is 2.19. The predicted octanol–water partition coefficient (Wildman–Crippen LogP) is 3.07. The van der Waals surface area contributed by atoms with E-state index in [1.165, 1.54) is 0 Å². The third kappa shape index (κ3) is 3.48. The van der Waals surface area contributed by atoms with E-state index in [1.54, 1.807) is 0 Å². The zero-order valence-electron chi connectivity index (χ0n) is 11.2. The second-order valence-corrected chi connectivity index (χ2v) is 5.85. The Labute approximate surface area is 121 Å². The number of ether oxygens (including phenoxy) is 2. The summed E-state index contributed by atoms with van der Waals surface area (Å²) in [5, 5.41) is 7.66. The number of benzene rings is 1. The van der Waals surface area contributed by atoms with E-state index in [1.807, 2.05) is 18.2 Å². The van der Waals surface area contributed by atoms with Crippen molar-refractivity contribution >= 4 is 21.8 Å². The van der Waals surface area contributed by atoms with E-state index in [9.17, 15) is 0 Å². The fourth-order valence-corrected chi connectivity index (χ4v) is 3.05. The molecule has 1 aromatic carbocycles. The summed E-state index contributed by atoms with van der Waals surface area (Å²) in [6.07, 6.45) is 2.21. The van der Waals surface area contributed by atoms with Crippen LogP contribution in [-0.2, 0) is 4.74 Å². The van der Waals surface area contributed by atoms with Gasteiger partial charge in [-0.3, -0.25) is 5.41 Å². The van der Waals surface area contributed by atoms with Crippen molar-refractivity contribution in [3.05, 3.63) is 28.2 Å². The Kier molecular flexibility index (Phi) is 4.47. The molecule has 1 aromatic rings. The molecule has 1 aliphatic heterocycles. The molecule has 1 fully saturated rings. The van der Waals surface area contributed by atoms with Gasteiger partial charge >= 0.3 is 0 Å². The minimum absolute atomic E-state index is 0.00984. The normalized spacial score (nSPS) is 27.0. The second kappa shape index (κ2) is 5.92. The largest absolute Gasteiger partial charge is 0.489 e. The molecule has 5 heteroatoms. The lowest BCUT2D eigenvalue weighted by Gasteiger charge is -2.32. The summed E-state index contributed by atoms with van der Waals surface area (Å²) in [5.74, 6) is 0.670. The Morgan fingerprint density at radius 3 is 2.58 bits per heavy atom. The predicted molar refractivity (Wildman–Crippen MR) is 78.8 cm³/mol. The van der Waals surface area contributed by atoms with Crippen LogP contribution in [0.1, 0.15) is 32.3 Å². The van der Waals surface area contributed by atoms with Crippen molar-refractivity contribution in [2.45, 2.75) is 45.0 Å². The Morgan fingerprint density at radius 1 is 1.37 bits per heavy atom. The first-order chi connectivity index (χ1) is 8.97. The van der Waals surface area contributed by atoms with Crippen LogP contribution in [0.5, 0.6) is 5.75 Å². The van der Waals surface area contributed by atoms with E-state index < -0.39 is 0 Å². The van der Waals surface area contributed by atoms with Crippen molar-refractivity contribution in [1.82, 2.24) is 0 Å². The molecular formula is C14H19BrN2O2. The third-order valence-corrected chi connectivity index (χ3v) is 3.85. The number of hydrogen-bond donors (Lipinski definition) is 2. The molecule has 2 rings (SSSR count). The summed E-state index contributed by atoms with van der Waals surface area (Å²) >= 11 is 3.41. The van der Waals surface area contributed by atoms with Crippen LogP contribution in [0.2, 0.25) is 0 Å². The standard InChI is InChI=1S/C14H19BrN2O2/c1-8-6-10(7-9(2)18-8)19-12-5-3-4-11(15)13(12)14(16)17/h3-5,8-10H,6-7H2,1-2H3,(H3,16,17). The van der Waals surface area contributed by atoms with Crippen LogP contribution in [0, 0.1) is 5.41 Å². The van der Waals surface area contributed by atoms with Crippen molar-refractivity contribution in [2.75, 3.05) is 0 Å². The number of hydrogen-bond acceptors (Lipinski definition) is 3. The van der Waals surface area contributed by atoms with Gasteiger partial charge in [-0.25, -0.2) is 0 Å². The highest BCUT2D eigenvalue weighted by Gasteiger charge is 2.26. The molecule has 1 aliphatic rings. The van der Waals surface area contributed by atoms with Crippen LogP contribution in [0.3, 0.4) is 0 Å². The zero-order chi connectivity index (χ0) is 14.0. The van der Waals surface area contributed by atoms with Crippen LogP contribution in [0.25, 0.3) is 0 Å². The first-order valence-electron chi connectivity index (χ1n) is 6.42. The van der Waals surface area contributed by atoms with Crippen LogP contribution in [0.15, 0.2) is 22.7 Å². The Bertz CT molecular complexity index is 469. The van der Waals surface area contributed by atoms with Gasteiger partial charge in [0.15, 0.2) is 0 Å². The number of nitrogen functional groups attached to an aromatic ring is 1. The Morgan fingerprint density at radius 2 is 2.00 bits per heavy atom. The minimum Gasteiger partial charge on any atom is -0.489 e. The highest BCUT2D eigenvalue weighted by Crippen LogP contribution is 2.30. The van der Waals surface area contributed by atoms with Crippen molar-refractivity contribution in [3.63, 3.8) is 0 Å². The quantitative estimate of drug-likeness (QED) is 0.662. The molecule has 0 radical (unpaired) electrons. The van der Waals surface area contributed by atoms with E-state index in [0.29, 0.717) is 11.3 Å². The fourth-order valence-electron chi connectivity index (χ4n) is 2.48. The van der Waals surface area contributed by atoms with Crippen molar-refractivity contribution in [2.24, 2.45) is 5.73 Å². The average Bonchev–Trinajstić information content (AvgIpc) is 2.26. The smallest absolute Gasteiger partial charge is 0.131 e. The molecule has 3 N–H and O–H groups in total. The molecule has 0 aliphatic carbocycles. The Hall–Kier alpha value is -1.07. The number of rotatable bonds is 3. The molecule has 0 spiro atoms. The monoisotopic (exact) mass is 326 g/mol. The first kappa shape index (κ1) is 14.3. The van der Waals surface area contributed by atoms with E-state index in [-0.39, 0.29) is 24.1 Å². The summed E-state index contributed by atoms with van der Waals surface area (Å²) in [4.78, 5) is 0. The SMILES string of the molecule is CC1CC(Oc2cccc(Br)c2C(=N)N)CC(C)O1. The molecule has 1 heterocycles. The van der Waals surface area contributed by atoms with Crippen molar-refractivity contribution in [3.8, 4) is 5.75 Å². The van der Waals surface area contributed by atoms with Gasteiger partial charge in [-0.1, -0.05) is 6.07 Å². The lowest BCUT2D eigenvalue weighted by Crippen LogP contribution is -2.36. The molecule has 4 nitrogen and oxygen atoms in total. The van der Waals surface area contributed by atoms with Crippen LogP contribution < -0.4 is 10.5 Å². The molecule has 104 valence electrons. The third-order valence-electron chi connectivity index (χ3n) is 3.19. The molecule has 0 aromatic heterocycles. The summed E-state index contributed by atoms with van der Waals surface area (Å²) in [7, 11) is 0. The van der Waals surface area contributed by atoms with E-state index in [0.717, 1.165) is 17.3 Å². The lowest BCUT2D eigenvalue weighted by atomic mass is 10.0. The lowest BCUT2D eigenvalue weighted by molar-refractivity contribution is -0.0721. The summed E-state index contributed by atoms with van der Waals surface area (Å²) in [5.41, 5.74) is 6.24. The van der Waals surface area contributed by atoms with Gasteiger partial charge in [0, 0.05) is 17.3 Å². The van der Waals surface area contributed by atoms with Gasteiger partial charge in [0.2, 0.25) is 0 Å². The average molecular weight is 327 g/mol. The van der Waals surface area contributed by atoms with Crippen LogP contribution in [0.4, 0.5) is 0 Å². The van der Waals surface area contributed by atoms with E-state index in [2.05, 4.69) is 29.8 Å². The fraction of sp³-hybridized carbons (Fsp3) is 0.500. The van der Waals surface area contributed by atoms with Gasteiger partial charge in [-0.15, -0.1) is 0 Å². The zero-order valence-corrected chi connectivity index (χ0v) is 12.7. The van der Waals surface area contributed by atoms with E-state index >= 15 is 0 Å². The minimum atomic E-state index is 0.00984. The summed E-state index contributed by atoms with van der Waals surface area (Å²) < 4.78 is 12.5. The number of nitrogens with two attached hydrogens (primary N) is 1. The molecule has 0 bridgehead atoms. The maximum Gasteiger partial charge on any atom is 0.131 e. The van der Waals surface area contributed by atoms with Crippen LogP contribution >= 0.6 is 15.9 Å². The van der Waals surface area contributed by atoms with Gasteiger partial charge in [-0.2, -0.15) is 0 Å². The maximum absolute atomic E-state index is 7.66. The highest BCUT2D eigenvalue weighted by atomic mass is 79.9. The summed E-state index contributed by atoms with van der Waals surface area (Å²) in [6, 6.07) is 5.60. The topological polar surface area (TPSA) is 68.3 Å². The highest BCUT2D eigenvalue weighted by molar-refractivity contribution is 9.10.